The van der Waals surface area contributed by atoms with E-state index >= 15 is 0 Å². The number of nitrogens with zero attached hydrogens (tertiary/aromatic N) is 1. The van der Waals surface area contributed by atoms with Crippen molar-refractivity contribution in [2.24, 2.45) is 0 Å². The monoisotopic (exact) mass is 323 g/mol. The highest BCUT2D eigenvalue weighted by Crippen LogP contribution is 2.31. The van der Waals surface area contributed by atoms with Crippen LogP contribution < -0.4 is 14.9 Å². The Hall–Kier alpha value is -1.60. The number of fused-ring (bicyclic) bond motifs is 1. The molecule has 120 valence electrons. The molecule has 1 aromatic rings. The Balaban J connectivity index is 1.84. The van der Waals surface area contributed by atoms with Gasteiger partial charge in [0.2, 0.25) is 15.9 Å². The Kier molecular flexibility index (Phi) is 4.10. The fourth-order valence-electron chi connectivity index (χ4n) is 3.10. The summed E-state index contributed by atoms with van der Waals surface area (Å²) in [5.74, 6) is -0.0563. The number of sulfonamides is 1. The molecule has 1 fully saturated rings. The van der Waals surface area contributed by atoms with Crippen molar-refractivity contribution in [1.82, 2.24) is 5.32 Å². The molecular weight excluding hydrogens is 302 g/mol. The van der Waals surface area contributed by atoms with Crippen molar-refractivity contribution in [1.29, 1.82) is 0 Å². The Bertz CT molecular complexity index is 681. The third-order valence-corrected chi connectivity index (χ3v) is 5.39. The molecule has 0 saturated carbocycles. The number of benzene rings is 1. The number of carbonyl (C=O) groups is 1. The van der Waals surface area contributed by atoms with Crippen LogP contribution in [0.5, 0.6) is 0 Å². The van der Waals surface area contributed by atoms with E-state index in [-0.39, 0.29) is 11.9 Å². The van der Waals surface area contributed by atoms with Gasteiger partial charge >= 0.3 is 0 Å². The molecule has 1 atom stereocenters. The van der Waals surface area contributed by atoms with Crippen LogP contribution in [0, 0.1) is 0 Å². The van der Waals surface area contributed by atoms with Crippen molar-refractivity contribution in [3.05, 3.63) is 23.8 Å². The topological polar surface area (TPSA) is 78.5 Å². The van der Waals surface area contributed by atoms with Gasteiger partial charge in [-0.15, -0.1) is 0 Å². The van der Waals surface area contributed by atoms with Gasteiger partial charge in [0.15, 0.2) is 0 Å². The van der Waals surface area contributed by atoms with E-state index in [9.17, 15) is 13.2 Å². The summed E-state index contributed by atoms with van der Waals surface area (Å²) in [6, 6.07) is 5.37. The van der Waals surface area contributed by atoms with Gasteiger partial charge in [0, 0.05) is 12.2 Å². The van der Waals surface area contributed by atoms with E-state index in [0.29, 0.717) is 17.9 Å². The van der Waals surface area contributed by atoms with E-state index in [1.54, 1.807) is 6.07 Å². The second kappa shape index (κ2) is 5.89. The highest BCUT2D eigenvalue weighted by Gasteiger charge is 2.25. The molecule has 0 bridgehead atoms. The van der Waals surface area contributed by atoms with Crippen LogP contribution in [0.4, 0.5) is 11.4 Å². The van der Waals surface area contributed by atoms with Crippen LogP contribution in [-0.4, -0.2) is 39.7 Å². The lowest BCUT2D eigenvalue weighted by Crippen LogP contribution is -2.36. The van der Waals surface area contributed by atoms with Gasteiger partial charge in [0.25, 0.3) is 0 Å². The number of amides is 1. The molecule has 1 aromatic carbocycles. The molecule has 7 heteroatoms. The molecule has 1 saturated heterocycles. The van der Waals surface area contributed by atoms with Crippen LogP contribution in [0.3, 0.4) is 0 Å². The average molecular weight is 323 g/mol. The second-order valence-electron chi connectivity index (χ2n) is 5.92. The highest BCUT2D eigenvalue weighted by molar-refractivity contribution is 7.92. The summed E-state index contributed by atoms with van der Waals surface area (Å²) in [4.78, 5) is 12.2. The van der Waals surface area contributed by atoms with Gasteiger partial charge in [-0.2, -0.15) is 0 Å². The van der Waals surface area contributed by atoms with Crippen molar-refractivity contribution in [2.75, 3.05) is 29.0 Å². The van der Waals surface area contributed by atoms with E-state index in [0.717, 1.165) is 37.8 Å². The van der Waals surface area contributed by atoms with E-state index < -0.39 is 10.0 Å². The summed E-state index contributed by atoms with van der Waals surface area (Å²) in [5, 5.41) is 6.04. The van der Waals surface area contributed by atoms with Crippen LogP contribution in [0.2, 0.25) is 0 Å². The number of nitrogens with one attached hydrogen (secondary N) is 2. The quantitative estimate of drug-likeness (QED) is 0.873. The first-order chi connectivity index (χ1) is 10.4. The number of carbonyl (C=O) groups excluding carboxylic acids is 1. The second-order valence-corrected chi connectivity index (χ2v) is 7.83. The minimum Gasteiger partial charge on any atom is -0.325 e. The summed E-state index contributed by atoms with van der Waals surface area (Å²) in [6.07, 6.45) is 4.74. The predicted molar refractivity (Wildman–Crippen MR) is 86.6 cm³/mol. The minimum atomic E-state index is -3.29. The van der Waals surface area contributed by atoms with Crippen molar-refractivity contribution >= 4 is 27.3 Å². The maximum absolute atomic E-state index is 12.2. The predicted octanol–water partition coefficient (Wildman–Crippen LogP) is 1.09. The van der Waals surface area contributed by atoms with E-state index in [1.807, 2.05) is 12.1 Å². The zero-order valence-electron chi connectivity index (χ0n) is 12.6. The summed E-state index contributed by atoms with van der Waals surface area (Å²) < 4.78 is 25.3. The zero-order chi connectivity index (χ0) is 15.7. The molecule has 0 aliphatic carbocycles. The summed E-state index contributed by atoms with van der Waals surface area (Å²) in [6.45, 7) is 1.36. The molecule has 2 heterocycles. The van der Waals surface area contributed by atoms with Gasteiger partial charge in [-0.25, -0.2) is 8.42 Å². The molecule has 6 nitrogen and oxygen atoms in total. The minimum absolute atomic E-state index is 0.0563. The van der Waals surface area contributed by atoms with Crippen LogP contribution in [-0.2, 0) is 21.2 Å². The molecule has 2 N–H and O–H groups in total. The van der Waals surface area contributed by atoms with Gasteiger partial charge in [0.05, 0.1) is 18.0 Å². The van der Waals surface area contributed by atoms with Gasteiger partial charge in [-0.3, -0.25) is 9.10 Å². The third-order valence-electron chi connectivity index (χ3n) is 4.21. The molecule has 3 rings (SSSR count). The molecule has 1 amide bonds. The lowest BCUT2D eigenvalue weighted by molar-refractivity contribution is -0.117. The van der Waals surface area contributed by atoms with Crippen molar-refractivity contribution in [3.63, 3.8) is 0 Å². The molecule has 2 aliphatic heterocycles. The van der Waals surface area contributed by atoms with Crippen LogP contribution >= 0.6 is 0 Å². The molecule has 2 aliphatic rings. The Morgan fingerprint density at radius 1 is 1.36 bits per heavy atom. The Morgan fingerprint density at radius 3 is 2.86 bits per heavy atom. The Morgan fingerprint density at radius 2 is 2.18 bits per heavy atom. The van der Waals surface area contributed by atoms with E-state index in [4.69, 9.17) is 0 Å². The van der Waals surface area contributed by atoms with E-state index in [2.05, 4.69) is 10.6 Å². The fourth-order valence-corrected chi connectivity index (χ4v) is 4.09. The van der Waals surface area contributed by atoms with Crippen molar-refractivity contribution in [2.45, 2.75) is 31.7 Å². The fraction of sp³-hybridized carbons (Fsp3) is 0.533. The molecule has 0 spiro atoms. The average Bonchev–Trinajstić information content (AvgIpc) is 2.99. The first-order valence-electron chi connectivity index (χ1n) is 7.60. The van der Waals surface area contributed by atoms with Crippen LogP contribution in [0.15, 0.2) is 18.2 Å². The van der Waals surface area contributed by atoms with Crippen molar-refractivity contribution in [3.8, 4) is 0 Å². The molecular formula is C15H21N3O3S. The normalized spacial score (nSPS) is 21.5. The maximum atomic E-state index is 12.2. The summed E-state index contributed by atoms with van der Waals surface area (Å²) >= 11 is 0. The van der Waals surface area contributed by atoms with E-state index in [1.165, 1.54) is 10.6 Å². The van der Waals surface area contributed by atoms with Crippen LogP contribution in [0.25, 0.3) is 0 Å². The Labute approximate surface area is 130 Å². The van der Waals surface area contributed by atoms with Gasteiger partial charge in [-0.05, 0) is 49.9 Å². The number of hydrogen-bond acceptors (Lipinski definition) is 4. The maximum Gasteiger partial charge on any atom is 0.241 e. The number of rotatable bonds is 3. The largest absolute Gasteiger partial charge is 0.325 e. The first kappa shape index (κ1) is 15.3. The standard InChI is InChI=1S/C15H21N3O3S/c1-22(20,21)18-9-3-4-11-6-7-12(10-14(11)18)17-15(19)13-5-2-8-16-13/h6-7,10,13,16H,2-5,8-9H2,1H3,(H,17,19)/t13-/m0/s1. The van der Waals surface area contributed by atoms with Crippen molar-refractivity contribution < 1.29 is 13.2 Å². The van der Waals surface area contributed by atoms with Gasteiger partial charge in [-0.1, -0.05) is 6.07 Å². The molecule has 0 unspecified atom stereocenters. The SMILES string of the molecule is CS(=O)(=O)N1CCCc2ccc(NC(=O)[C@@H]3CCCN3)cc21. The smallest absolute Gasteiger partial charge is 0.241 e. The van der Waals surface area contributed by atoms with Gasteiger partial charge < -0.3 is 10.6 Å². The lowest BCUT2D eigenvalue weighted by atomic mass is 10.0. The summed E-state index contributed by atoms with van der Waals surface area (Å²) in [7, 11) is -3.29. The zero-order valence-corrected chi connectivity index (χ0v) is 13.4. The number of aryl methyl sites for hydroxylation is 1. The number of hydrogen-bond donors (Lipinski definition) is 2. The van der Waals surface area contributed by atoms with Gasteiger partial charge in [0.1, 0.15) is 0 Å². The number of anilines is 2. The first-order valence-corrected chi connectivity index (χ1v) is 9.45. The molecule has 0 radical (unpaired) electrons. The van der Waals surface area contributed by atoms with Crippen LogP contribution in [0.1, 0.15) is 24.8 Å². The molecule has 22 heavy (non-hydrogen) atoms. The highest BCUT2D eigenvalue weighted by atomic mass is 32.2. The summed E-state index contributed by atoms with van der Waals surface area (Å²) in [5.41, 5.74) is 2.34. The third kappa shape index (κ3) is 3.10. The molecule has 0 aromatic heterocycles. The lowest BCUT2D eigenvalue weighted by Gasteiger charge is -2.29.